The summed E-state index contributed by atoms with van der Waals surface area (Å²) in [5, 5.41) is 6.39. The van der Waals surface area contributed by atoms with E-state index in [4.69, 9.17) is 4.74 Å². The Balaban J connectivity index is 1.76. The van der Waals surface area contributed by atoms with Gasteiger partial charge in [-0.25, -0.2) is 0 Å². The van der Waals surface area contributed by atoms with Crippen LogP contribution in [-0.4, -0.2) is 62.8 Å². The third kappa shape index (κ3) is 4.94. The largest absolute Gasteiger partial charge is 0.374 e. The Morgan fingerprint density at radius 1 is 1.33 bits per heavy atom. The molecule has 0 aromatic carbocycles. The number of hydrogen-bond donors (Lipinski definition) is 2. The van der Waals surface area contributed by atoms with E-state index < -0.39 is 0 Å². The maximum atomic E-state index is 12.3. The molecule has 0 bridgehead atoms. The van der Waals surface area contributed by atoms with Crippen molar-refractivity contribution in [3.63, 3.8) is 0 Å². The molecule has 2 rings (SSSR count). The number of carbonyl (C=O) groups excluding carboxylic acids is 1. The molecule has 1 saturated carbocycles. The van der Waals surface area contributed by atoms with Crippen molar-refractivity contribution in [1.82, 2.24) is 15.5 Å². The number of rotatable bonds is 5. The molecule has 2 N–H and O–H groups in total. The van der Waals surface area contributed by atoms with E-state index in [2.05, 4.69) is 29.4 Å². The van der Waals surface area contributed by atoms with E-state index in [1.54, 1.807) is 0 Å². The van der Waals surface area contributed by atoms with Gasteiger partial charge in [-0.2, -0.15) is 0 Å². The number of hydrogen-bond acceptors (Lipinski definition) is 4. The van der Waals surface area contributed by atoms with Gasteiger partial charge in [-0.1, -0.05) is 26.7 Å². The molecule has 0 aromatic rings. The summed E-state index contributed by atoms with van der Waals surface area (Å²) in [6, 6.07) is 0.357. The van der Waals surface area contributed by atoms with Gasteiger partial charge in [0.25, 0.3) is 0 Å². The normalized spacial score (nSPS) is 34.6. The van der Waals surface area contributed by atoms with Crippen LogP contribution in [0.1, 0.15) is 33.1 Å². The lowest BCUT2D eigenvalue weighted by Crippen LogP contribution is -2.51. The van der Waals surface area contributed by atoms with Crippen molar-refractivity contribution in [3.05, 3.63) is 0 Å². The van der Waals surface area contributed by atoms with Gasteiger partial charge in [0, 0.05) is 25.7 Å². The van der Waals surface area contributed by atoms with Crippen molar-refractivity contribution in [2.24, 2.45) is 11.8 Å². The second-order valence-corrected chi connectivity index (χ2v) is 6.73. The Hall–Kier alpha value is -0.650. The third-order valence-corrected chi connectivity index (χ3v) is 5.08. The standard InChI is InChI=1S/C16H31N3O2/c1-12-5-4-6-15(13(12)2)18-16(20)11-19-7-8-21-14(10-19)9-17-3/h12-15,17H,4-11H2,1-3H3,(H,18,20). The second kappa shape index (κ2) is 8.11. The van der Waals surface area contributed by atoms with Crippen LogP contribution in [-0.2, 0) is 9.53 Å². The highest BCUT2D eigenvalue weighted by molar-refractivity contribution is 5.78. The summed E-state index contributed by atoms with van der Waals surface area (Å²) < 4.78 is 5.68. The Morgan fingerprint density at radius 2 is 2.14 bits per heavy atom. The topological polar surface area (TPSA) is 53.6 Å². The fraction of sp³-hybridized carbons (Fsp3) is 0.938. The number of amides is 1. The van der Waals surface area contributed by atoms with Crippen molar-refractivity contribution in [2.45, 2.75) is 45.3 Å². The first kappa shape index (κ1) is 16.7. The zero-order valence-corrected chi connectivity index (χ0v) is 13.7. The molecular formula is C16H31N3O2. The smallest absolute Gasteiger partial charge is 0.234 e. The maximum absolute atomic E-state index is 12.3. The summed E-state index contributed by atoms with van der Waals surface area (Å²) in [6.45, 7) is 8.32. The molecular weight excluding hydrogens is 266 g/mol. The predicted molar refractivity (Wildman–Crippen MR) is 84.2 cm³/mol. The van der Waals surface area contributed by atoms with Gasteiger partial charge in [0.05, 0.1) is 19.3 Å². The molecule has 5 nitrogen and oxygen atoms in total. The first-order chi connectivity index (χ1) is 10.1. The lowest BCUT2D eigenvalue weighted by atomic mass is 9.78. The number of morpholine rings is 1. The highest BCUT2D eigenvalue weighted by atomic mass is 16.5. The highest BCUT2D eigenvalue weighted by Gasteiger charge is 2.29. The van der Waals surface area contributed by atoms with E-state index >= 15 is 0 Å². The van der Waals surface area contributed by atoms with Crippen molar-refractivity contribution >= 4 is 5.91 Å². The quantitative estimate of drug-likeness (QED) is 0.790. The second-order valence-electron chi connectivity index (χ2n) is 6.73. The number of nitrogens with zero attached hydrogens (tertiary/aromatic N) is 1. The SMILES string of the molecule is CNCC1CN(CC(=O)NC2CCCC(C)C2C)CCO1. The van der Waals surface area contributed by atoms with Crippen LogP contribution in [0.25, 0.3) is 0 Å². The van der Waals surface area contributed by atoms with E-state index in [-0.39, 0.29) is 12.0 Å². The van der Waals surface area contributed by atoms with Crippen molar-refractivity contribution in [2.75, 3.05) is 39.8 Å². The van der Waals surface area contributed by atoms with Crippen molar-refractivity contribution in [3.8, 4) is 0 Å². The lowest BCUT2D eigenvalue weighted by molar-refractivity contribution is -0.125. The lowest BCUT2D eigenvalue weighted by Gasteiger charge is -2.36. The predicted octanol–water partition coefficient (Wildman–Crippen LogP) is 0.848. The van der Waals surface area contributed by atoms with Gasteiger partial charge in [-0.05, 0) is 25.3 Å². The van der Waals surface area contributed by atoms with Crippen LogP contribution < -0.4 is 10.6 Å². The maximum Gasteiger partial charge on any atom is 0.234 e. The average molecular weight is 297 g/mol. The molecule has 122 valence electrons. The molecule has 1 heterocycles. The summed E-state index contributed by atoms with van der Waals surface area (Å²) >= 11 is 0. The van der Waals surface area contributed by atoms with Gasteiger partial charge < -0.3 is 15.4 Å². The van der Waals surface area contributed by atoms with E-state index in [1.165, 1.54) is 12.8 Å². The summed E-state index contributed by atoms with van der Waals surface area (Å²) in [4.78, 5) is 14.5. The molecule has 4 atom stereocenters. The average Bonchev–Trinajstić information content (AvgIpc) is 2.44. The van der Waals surface area contributed by atoms with E-state index in [1.807, 2.05) is 7.05 Å². The molecule has 1 aliphatic heterocycles. The van der Waals surface area contributed by atoms with Crippen molar-refractivity contribution in [1.29, 1.82) is 0 Å². The van der Waals surface area contributed by atoms with Crippen LogP contribution in [0.3, 0.4) is 0 Å². The molecule has 21 heavy (non-hydrogen) atoms. The van der Waals surface area contributed by atoms with Crippen LogP contribution >= 0.6 is 0 Å². The summed E-state index contributed by atoms with van der Waals surface area (Å²) in [7, 11) is 1.93. The van der Waals surface area contributed by atoms with Crippen LogP contribution in [0.2, 0.25) is 0 Å². The molecule has 5 heteroatoms. The van der Waals surface area contributed by atoms with Gasteiger partial charge >= 0.3 is 0 Å². The van der Waals surface area contributed by atoms with E-state index in [0.717, 1.165) is 32.7 Å². The van der Waals surface area contributed by atoms with E-state index in [9.17, 15) is 4.79 Å². The molecule has 0 radical (unpaired) electrons. The van der Waals surface area contributed by atoms with E-state index in [0.29, 0.717) is 24.4 Å². The number of carbonyl (C=O) groups is 1. The number of nitrogens with one attached hydrogen (secondary N) is 2. The Morgan fingerprint density at radius 3 is 2.90 bits per heavy atom. The minimum absolute atomic E-state index is 0.172. The summed E-state index contributed by atoms with van der Waals surface area (Å²) in [5.74, 6) is 1.47. The fourth-order valence-electron chi connectivity index (χ4n) is 3.52. The summed E-state index contributed by atoms with van der Waals surface area (Å²) in [6.07, 6.45) is 3.86. The Kier molecular flexibility index (Phi) is 6.45. The van der Waals surface area contributed by atoms with Gasteiger partial charge in [0.15, 0.2) is 0 Å². The first-order valence-electron chi connectivity index (χ1n) is 8.38. The fourth-order valence-corrected chi connectivity index (χ4v) is 3.52. The first-order valence-corrected chi connectivity index (χ1v) is 8.38. The third-order valence-electron chi connectivity index (χ3n) is 5.08. The highest BCUT2D eigenvalue weighted by Crippen LogP contribution is 2.29. The Bertz CT molecular complexity index is 335. The number of likely N-dealkylation sites (N-methyl/N-ethyl adjacent to an activating group) is 1. The molecule has 1 saturated heterocycles. The van der Waals surface area contributed by atoms with Crippen LogP contribution in [0.15, 0.2) is 0 Å². The monoisotopic (exact) mass is 297 g/mol. The van der Waals surface area contributed by atoms with Crippen LogP contribution in [0, 0.1) is 11.8 Å². The van der Waals surface area contributed by atoms with Gasteiger partial charge in [-0.3, -0.25) is 9.69 Å². The van der Waals surface area contributed by atoms with Crippen molar-refractivity contribution < 1.29 is 9.53 Å². The molecule has 2 aliphatic rings. The molecule has 1 aliphatic carbocycles. The van der Waals surface area contributed by atoms with Gasteiger partial charge in [0.2, 0.25) is 5.91 Å². The van der Waals surface area contributed by atoms with Crippen LogP contribution in [0.4, 0.5) is 0 Å². The van der Waals surface area contributed by atoms with Gasteiger partial charge in [-0.15, -0.1) is 0 Å². The number of ether oxygens (including phenoxy) is 1. The molecule has 1 amide bonds. The molecule has 2 fully saturated rings. The molecule has 0 spiro atoms. The summed E-state index contributed by atoms with van der Waals surface area (Å²) in [5.41, 5.74) is 0. The molecule has 4 unspecified atom stereocenters. The zero-order chi connectivity index (χ0) is 15.2. The zero-order valence-electron chi connectivity index (χ0n) is 13.7. The molecule has 0 aromatic heterocycles. The Labute approximate surface area is 128 Å². The minimum Gasteiger partial charge on any atom is -0.374 e. The van der Waals surface area contributed by atoms with Crippen LogP contribution in [0.5, 0.6) is 0 Å². The van der Waals surface area contributed by atoms with Gasteiger partial charge in [0.1, 0.15) is 0 Å². The minimum atomic E-state index is 0.172.